The molecule has 1 amide bonds. The van der Waals surface area contributed by atoms with Gasteiger partial charge in [0.25, 0.3) is 0 Å². The van der Waals surface area contributed by atoms with E-state index in [-0.39, 0.29) is 11.5 Å². The summed E-state index contributed by atoms with van der Waals surface area (Å²) in [5.41, 5.74) is 4.69. The van der Waals surface area contributed by atoms with Gasteiger partial charge in [-0.3, -0.25) is 9.69 Å². The average molecular weight is 395 g/mol. The number of amides is 1. The van der Waals surface area contributed by atoms with Crippen LogP contribution < -0.4 is 5.32 Å². The Kier molecular flexibility index (Phi) is 6.28. The Balaban J connectivity index is 1.29. The molecule has 1 atom stereocenters. The van der Waals surface area contributed by atoms with E-state index in [4.69, 9.17) is 9.47 Å². The molecule has 1 N–H and O–H groups in total. The normalized spacial score (nSPS) is 21.3. The fraction of sp³-hybridized carbons (Fsp3) is 0.458. The lowest BCUT2D eigenvalue weighted by Crippen LogP contribution is -2.51. The molecule has 0 radical (unpaired) electrons. The van der Waals surface area contributed by atoms with E-state index in [1.54, 1.807) is 0 Å². The molecule has 1 heterocycles. The van der Waals surface area contributed by atoms with Gasteiger partial charge < -0.3 is 14.8 Å². The SMILES string of the molecule is CCOCc1ccc(CNC(=O)CN2CCOC3(CCc4ccccc43)C2)cc1. The van der Waals surface area contributed by atoms with Gasteiger partial charge in [-0.25, -0.2) is 0 Å². The molecule has 0 saturated carbocycles. The lowest BCUT2D eigenvalue weighted by Gasteiger charge is -2.41. The molecule has 154 valence electrons. The van der Waals surface area contributed by atoms with Gasteiger partial charge in [0.2, 0.25) is 5.91 Å². The highest BCUT2D eigenvalue weighted by Gasteiger charge is 2.43. The predicted octanol–water partition coefficient (Wildman–Crippen LogP) is 3.01. The van der Waals surface area contributed by atoms with E-state index in [0.717, 1.165) is 37.1 Å². The van der Waals surface area contributed by atoms with Crippen molar-refractivity contribution in [2.24, 2.45) is 0 Å². The third-order valence-corrected chi connectivity index (χ3v) is 5.92. The van der Waals surface area contributed by atoms with Crippen LogP contribution in [0.2, 0.25) is 0 Å². The first-order valence-corrected chi connectivity index (χ1v) is 10.6. The van der Waals surface area contributed by atoms with Crippen LogP contribution in [0.25, 0.3) is 0 Å². The summed E-state index contributed by atoms with van der Waals surface area (Å²) in [7, 11) is 0. The maximum Gasteiger partial charge on any atom is 0.234 e. The Morgan fingerprint density at radius 2 is 1.97 bits per heavy atom. The molecule has 1 unspecified atom stereocenters. The number of ether oxygens (including phenoxy) is 2. The van der Waals surface area contributed by atoms with Gasteiger partial charge in [-0.05, 0) is 42.0 Å². The molecule has 2 aliphatic rings. The predicted molar refractivity (Wildman–Crippen MR) is 112 cm³/mol. The van der Waals surface area contributed by atoms with E-state index < -0.39 is 0 Å². The Bertz CT molecular complexity index is 832. The number of nitrogens with one attached hydrogen (secondary N) is 1. The van der Waals surface area contributed by atoms with E-state index >= 15 is 0 Å². The standard InChI is InChI=1S/C24H30N2O3/c1-2-28-17-20-9-7-19(8-10-20)15-25-23(27)16-26-13-14-29-24(18-26)12-11-21-5-3-4-6-22(21)24/h3-10H,2,11-18H2,1H3,(H,25,27). The zero-order valence-electron chi connectivity index (χ0n) is 17.2. The zero-order valence-corrected chi connectivity index (χ0v) is 17.2. The summed E-state index contributed by atoms with van der Waals surface area (Å²) in [6, 6.07) is 16.8. The fourth-order valence-corrected chi connectivity index (χ4v) is 4.39. The molecule has 1 fully saturated rings. The van der Waals surface area contributed by atoms with E-state index in [0.29, 0.717) is 32.9 Å². The summed E-state index contributed by atoms with van der Waals surface area (Å²) in [6.07, 6.45) is 2.05. The van der Waals surface area contributed by atoms with E-state index in [1.165, 1.54) is 11.1 Å². The molecular formula is C24H30N2O3. The Labute approximate surface area is 173 Å². The number of benzene rings is 2. The van der Waals surface area contributed by atoms with Crippen LogP contribution in [0.3, 0.4) is 0 Å². The van der Waals surface area contributed by atoms with Gasteiger partial charge in [-0.15, -0.1) is 0 Å². The second-order valence-electron chi connectivity index (χ2n) is 7.94. The van der Waals surface area contributed by atoms with Crippen LogP contribution in [0.15, 0.2) is 48.5 Å². The summed E-state index contributed by atoms with van der Waals surface area (Å²) >= 11 is 0. The van der Waals surface area contributed by atoms with Gasteiger partial charge >= 0.3 is 0 Å². The summed E-state index contributed by atoms with van der Waals surface area (Å²) < 4.78 is 11.7. The molecule has 1 saturated heterocycles. The van der Waals surface area contributed by atoms with Crippen molar-refractivity contribution in [1.29, 1.82) is 0 Å². The van der Waals surface area contributed by atoms with Gasteiger partial charge in [-0.1, -0.05) is 48.5 Å². The van der Waals surface area contributed by atoms with Crippen LogP contribution in [-0.4, -0.2) is 43.7 Å². The number of carbonyl (C=O) groups is 1. The Morgan fingerprint density at radius 1 is 1.17 bits per heavy atom. The smallest absolute Gasteiger partial charge is 0.234 e. The fourth-order valence-electron chi connectivity index (χ4n) is 4.39. The van der Waals surface area contributed by atoms with Crippen LogP contribution in [-0.2, 0) is 39.4 Å². The number of carbonyl (C=O) groups excluding carboxylic acids is 1. The molecule has 4 rings (SSSR count). The summed E-state index contributed by atoms with van der Waals surface area (Å²) in [4.78, 5) is 14.8. The quantitative estimate of drug-likeness (QED) is 0.784. The molecule has 1 aliphatic heterocycles. The van der Waals surface area contributed by atoms with E-state index in [2.05, 4.69) is 46.6 Å². The number of aryl methyl sites for hydroxylation is 1. The van der Waals surface area contributed by atoms with Crippen molar-refractivity contribution in [2.75, 3.05) is 32.8 Å². The minimum absolute atomic E-state index is 0.0618. The molecule has 2 aromatic carbocycles. The number of rotatable bonds is 7. The topological polar surface area (TPSA) is 50.8 Å². The highest BCUT2D eigenvalue weighted by molar-refractivity contribution is 5.78. The molecule has 29 heavy (non-hydrogen) atoms. The summed E-state index contributed by atoms with van der Waals surface area (Å²) in [6.45, 7) is 6.54. The lowest BCUT2D eigenvalue weighted by molar-refractivity contribution is -0.133. The van der Waals surface area contributed by atoms with Crippen molar-refractivity contribution in [3.63, 3.8) is 0 Å². The highest BCUT2D eigenvalue weighted by atomic mass is 16.5. The number of hydrogen-bond acceptors (Lipinski definition) is 4. The summed E-state index contributed by atoms with van der Waals surface area (Å²) in [5.74, 6) is 0.0618. The van der Waals surface area contributed by atoms with Crippen LogP contribution in [0.1, 0.15) is 35.6 Å². The number of fused-ring (bicyclic) bond motifs is 2. The first-order valence-electron chi connectivity index (χ1n) is 10.6. The van der Waals surface area contributed by atoms with Crippen molar-refractivity contribution >= 4 is 5.91 Å². The van der Waals surface area contributed by atoms with Crippen molar-refractivity contribution < 1.29 is 14.3 Å². The molecule has 5 nitrogen and oxygen atoms in total. The van der Waals surface area contributed by atoms with Crippen molar-refractivity contribution in [3.8, 4) is 0 Å². The number of nitrogens with zero attached hydrogens (tertiary/aromatic N) is 1. The van der Waals surface area contributed by atoms with Crippen LogP contribution in [0, 0.1) is 0 Å². The maximum atomic E-state index is 12.5. The molecule has 0 bridgehead atoms. The minimum Gasteiger partial charge on any atom is -0.377 e. The van der Waals surface area contributed by atoms with Gasteiger partial charge in [0.05, 0.1) is 19.8 Å². The van der Waals surface area contributed by atoms with Crippen molar-refractivity contribution in [3.05, 3.63) is 70.8 Å². The zero-order chi connectivity index (χ0) is 20.1. The Morgan fingerprint density at radius 3 is 2.79 bits per heavy atom. The molecular weight excluding hydrogens is 364 g/mol. The largest absolute Gasteiger partial charge is 0.377 e. The van der Waals surface area contributed by atoms with Gasteiger partial charge in [0, 0.05) is 26.2 Å². The maximum absolute atomic E-state index is 12.5. The number of morpholine rings is 1. The summed E-state index contributed by atoms with van der Waals surface area (Å²) in [5, 5.41) is 3.05. The molecule has 1 spiro atoms. The lowest BCUT2D eigenvalue weighted by atomic mass is 9.93. The molecule has 0 aromatic heterocycles. The van der Waals surface area contributed by atoms with Gasteiger partial charge in [-0.2, -0.15) is 0 Å². The van der Waals surface area contributed by atoms with Crippen molar-refractivity contribution in [2.45, 2.75) is 38.5 Å². The average Bonchev–Trinajstić information content (AvgIpc) is 3.09. The van der Waals surface area contributed by atoms with Gasteiger partial charge in [0.15, 0.2) is 0 Å². The third kappa shape index (κ3) is 4.69. The molecule has 5 heteroatoms. The Hall–Kier alpha value is -2.21. The molecule has 1 aliphatic carbocycles. The van der Waals surface area contributed by atoms with Crippen LogP contribution >= 0.6 is 0 Å². The first-order chi connectivity index (χ1) is 14.2. The second kappa shape index (κ2) is 9.08. The van der Waals surface area contributed by atoms with E-state index in [9.17, 15) is 4.79 Å². The van der Waals surface area contributed by atoms with E-state index in [1.807, 2.05) is 19.1 Å². The highest BCUT2D eigenvalue weighted by Crippen LogP contribution is 2.41. The number of hydrogen-bond donors (Lipinski definition) is 1. The van der Waals surface area contributed by atoms with Crippen molar-refractivity contribution in [1.82, 2.24) is 10.2 Å². The molecule has 2 aromatic rings. The van der Waals surface area contributed by atoms with Crippen LogP contribution in [0.5, 0.6) is 0 Å². The monoisotopic (exact) mass is 394 g/mol. The third-order valence-electron chi connectivity index (χ3n) is 5.92. The van der Waals surface area contributed by atoms with Crippen LogP contribution in [0.4, 0.5) is 0 Å². The second-order valence-corrected chi connectivity index (χ2v) is 7.94. The minimum atomic E-state index is -0.245. The van der Waals surface area contributed by atoms with Gasteiger partial charge in [0.1, 0.15) is 5.60 Å². The first kappa shape index (κ1) is 20.1.